The first-order valence-electron chi connectivity index (χ1n) is 8.99. The fourth-order valence-corrected chi connectivity index (χ4v) is 4.42. The van der Waals surface area contributed by atoms with Gasteiger partial charge in [-0.1, -0.05) is 30.3 Å². The van der Waals surface area contributed by atoms with Crippen LogP contribution in [0.25, 0.3) is 26.6 Å². The van der Waals surface area contributed by atoms with E-state index in [1.807, 2.05) is 56.3 Å². The standard InChI is InChI=1S/C21H17N5OS/c1-12-13(2)28-20-17(12)21(27)26-19(24-20)16-9-4-3-8-15(16)18(25-26)23-11-14-7-5-6-10-22-14/h3-10H,11H2,1-2H3,(H,23,25). The molecule has 0 amide bonds. The maximum absolute atomic E-state index is 13.2. The number of anilines is 1. The van der Waals surface area contributed by atoms with Gasteiger partial charge in [-0.15, -0.1) is 16.4 Å². The molecule has 1 N–H and O–H groups in total. The van der Waals surface area contributed by atoms with Crippen molar-refractivity contribution in [2.45, 2.75) is 20.4 Å². The van der Waals surface area contributed by atoms with Gasteiger partial charge in [0.2, 0.25) is 0 Å². The van der Waals surface area contributed by atoms with Crippen molar-refractivity contribution in [3.63, 3.8) is 0 Å². The van der Waals surface area contributed by atoms with E-state index in [2.05, 4.69) is 15.4 Å². The van der Waals surface area contributed by atoms with Crippen LogP contribution >= 0.6 is 11.3 Å². The molecule has 4 heterocycles. The fraction of sp³-hybridized carbons (Fsp3) is 0.143. The lowest BCUT2D eigenvalue weighted by Gasteiger charge is -2.11. The molecule has 4 aromatic heterocycles. The highest BCUT2D eigenvalue weighted by atomic mass is 32.1. The largest absolute Gasteiger partial charge is 0.362 e. The number of thiophene rings is 1. The van der Waals surface area contributed by atoms with E-state index >= 15 is 0 Å². The second-order valence-electron chi connectivity index (χ2n) is 6.68. The first kappa shape index (κ1) is 16.8. The second-order valence-corrected chi connectivity index (χ2v) is 7.89. The quantitative estimate of drug-likeness (QED) is 0.472. The average molecular weight is 387 g/mol. The Kier molecular flexibility index (Phi) is 3.84. The van der Waals surface area contributed by atoms with Gasteiger partial charge < -0.3 is 5.32 Å². The smallest absolute Gasteiger partial charge is 0.283 e. The molecule has 0 unspecified atom stereocenters. The molecular formula is C21H17N5OS. The van der Waals surface area contributed by atoms with Gasteiger partial charge >= 0.3 is 0 Å². The molecule has 0 atom stereocenters. The first-order chi connectivity index (χ1) is 13.6. The second kappa shape index (κ2) is 6.38. The van der Waals surface area contributed by atoms with E-state index in [1.54, 1.807) is 17.5 Å². The van der Waals surface area contributed by atoms with E-state index in [0.717, 1.165) is 31.7 Å². The van der Waals surface area contributed by atoms with Crippen LogP contribution in [0, 0.1) is 13.8 Å². The van der Waals surface area contributed by atoms with Gasteiger partial charge in [0.05, 0.1) is 17.6 Å². The Bertz CT molecular complexity index is 1410. The van der Waals surface area contributed by atoms with E-state index in [1.165, 1.54) is 4.52 Å². The normalized spacial score (nSPS) is 11.5. The van der Waals surface area contributed by atoms with Gasteiger partial charge in [-0.3, -0.25) is 9.78 Å². The molecular weight excluding hydrogens is 370 g/mol. The number of pyridine rings is 1. The summed E-state index contributed by atoms with van der Waals surface area (Å²) in [7, 11) is 0. The molecule has 138 valence electrons. The minimum absolute atomic E-state index is 0.131. The average Bonchev–Trinajstić information content (AvgIpc) is 3.01. The summed E-state index contributed by atoms with van der Waals surface area (Å²) in [6.07, 6.45) is 1.76. The highest BCUT2D eigenvalue weighted by molar-refractivity contribution is 7.18. The monoisotopic (exact) mass is 387 g/mol. The Labute approximate surface area is 164 Å². The molecule has 0 aliphatic heterocycles. The summed E-state index contributed by atoms with van der Waals surface area (Å²) in [6, 6.07) is 13.7. The zero-order valence-corrected chi connectivity index (χ0v) is 16.2. The van der Waals surface area contributed by atoms with Gasteiger partial charge in [-0.05, 0) is 31.5 Å². The lowest BCUT2D eigenvalue weighted by atomic mass is 10.1. The topological polar surface area (TPSA) is 72.2 Å². The summed E-state index contributed by atoms with van der Waals surface area (Å²) in [5.74, 6) is 0.640. The van der Waals surface area contributed by atoms with Gasteiger partial charge in [-0.2, -0.15) is 4.52 Å². The van der Waals surface area contributed by atoms with E-state index in [4.69, 9.17) is 4.98 Å². The molecule has 5 rings (SSSR count). The Morgan fingerprint density at radius 1 is 1.07 bits per heavy atom. The van der Waals surface area contributed by atoms with Crippen molar-refractivity contribution in [1.82, 2.24) is 19.6 Å². The Morgan fingerprint density at radius 2 is 1.86 bits per heavy atom. The van der Waals surface area contributed by atoms with Crippen molar-refractivity contribution in [2.75, 3.05) is 5.32 Å². The molecule has 1 aromatic carbocycles. The van der Waals surface area contributed by atoms with Gasteiger partial charge in [0.25, 0.3) is 5.56 Å². The van der Waals surface area contributed by atoms with Crippen molar-refractivity contribution in [1.29, 1.82) is 0 Å². The summed E-state index contributed by atoms with van der Waals surface area (Å²) in [4.78, 5) is 24.2. The lowest BCUT2D eigenvalue weighted by molar-refractivity contribution is 0.884. The van der Waals surface area contributed by atoms with Crippen LogP contribution in [0.1, 0.15) is 16.1 Å². The molecule has 0 saturated carbocycles. The lowest BCUT2D eigenvalue weighted by Crippen LogP contribution is -2.19. The van der Waals surface area contributed by atoms with Crippen molar-refractivity contribution in [3.8, 4) is 0 Å². The van der Waals surface area contributed by atoms with Gasteiger partial charge in [0, 0.05) is 21.8 Å². The maximum atomic E-state index is 13.2. The number of rotatable bonds is 3. The Balaban J connectivity index is 1.77. The summed E-state index contributed by atoms with van der Waals surface area (Å²) >= 11 is 1.55. The number of aryl methyl sites for hydroxylation is 2. The van der Waals surface area contributed by atoms with Gasteiger partial charge in [-0.25, -0.2) is 4.98 Å². The number of nitrogens with one attached hydrogen (secondary N) is 1. The highest BCUT2D eigenvalue weighted by Crippen LogP contribution is 2.29. The Hall–Kier alpha value is -3.32. The van der Waals surface area contributed by atoms with Crippen LogP contribution in [-0.4, -0.2) is 19.6 Å². The molecule has 0 fully saturated rings. The molecule has 0 aliphatic carbocycles. The first-order valence-corrected chi connectivity index (χ1v) is 9.80. The molecule has 5 aromatic rings. The number of hydrogen-bond acceptors (Lipinski definition) is 6. The zero-order valence-electron chi connectivity index (χ0n) is 15.4. The van der Waals surface area contributed by atoms with Crippen molar-refractivity contribution < 1.29 is 0 Å². The third-order valence-corrected chi connectivity index (χ3v) is 6.07. The minimum atomic E-state index is -0.131. The molecule has 0 spiro atoms. The molecule has 28 heavy (non-hydrogen) atoms. The predicted molar refractivity (Wildman–Crippen MR) is 113 cm³/mol. The number of aromatic nitrogens is 4. The van der Waals surface area contributed by atoms with Crippen LogP contribution < -0.4 is 10.9 Å². The van der Waals surface area contributed by atoms with Crippen LogP contribution in [0.3, 0.4) is 0 Å². The summed E-state index contributed by atoms with van der Waals surface area (Å²) in [5, 5.41) is 10.4. The predicted octanol–water partition coefficient (Wildman–Crippen LogP) is 4.08. The van der Waals surface area contributed by atoms with Crippen molar-refractivity contribution >= 4 is 43.8 Å². The maximum Gasteiger partial charge on any atom is 0.283 e. The molecule has 0 bridgehead atoms. The van der Waals surface area contributed by atoms with Crippen LogP contribution in [0.5, 0.6) is 0 Å². The molecule has 6 nitrogen and oxygen atoms in total. The third-order valence-electron chi connectivity index (χ3n) is 4.97. The Morgan fingerprint density at radius 3 is 2.64 bits per heavy atom. The summed E-state index contributed by atoms with van der Waals surface area (Å²) in [5.41, 5.74) is 2.33. The number of fused-ring (bicyclic) bond motifs is 4. The van der Waals surface area contributed by atoms with Crippen LogP contribution in [0.2, 0.25) is 0 Å². The number of benzene rings is 1. The number of hydrogen-bond donors (Lipinski definition) is 1. The minimum Gasteiger partial charge on any atom is -0.362 e. The molecule has 0 saturated heterocycles. The fourth-order valence-electron chi connectivity index (χ4n) is 3.40. The van der Waals surface area contributed by atoms with Gasteiger partial charge in [0.1, 0.15) is 4.83 Å². The summed E-state index contributed by atoms with van der Waals surface area (Å²) in [6.45, 7) is 4.50. The van der Waals surface area contributed by atoms with Gasteiger partial charge in [0.15, 0.2) is 11.5 Å². The van der Waals surface area contributed by atoms with Crippen LogP contribution in [0.4, 0.5) is 5.82 Å². The van der Waals surface area contributed by atoms with E-state index < -0.39 is 0 Å². The number of nitrogens with zero attached hydrogens (tertiary/aromatic N) is 4. The zero-order chi connectivity index (χ0) is 19.3. The van der Waals surface area contributed by atoms with E-state index in [-0.39, 0.29) is 5.56 Å². The highest BCUT2D eigenvalue weighted by Gasteiger charge is 2.17. The van der Waals surface area contributed by atoms with Crippen LogP contribution in [-0.2, 0) is 6.54 Å². The molecule has 7 heteroatoms. The van der Waals surface area contributed by atoms with Crippen LogP contribution in [0.15, 0.2) is 53.5 Å². The third kappa shape index (κ3) is 2.55. The van der Waals surface area contributed by atoms with E-state index in [0.29, 0.717) is 23.4 Å². The van der Waals surface area contributed by atoms with E-state index in [9.17, 15) is 4.79 Å². The van der Waals surface area contributed by atoms with Crippen molar-refractivity contribution in [2.24, 2.45) is 0 Å². The summed E-state index contributed by atoms with van der Waals surface area (Å²) < 4.78 is 1.42. The van der Waals surface area contributed by atoms with Crippen molar-refractivity contribution in [3.05, 3.63) is 75.1 Å². The molecule has 0 aliphatic rings. The molecule has 0 radical (unpaired) electrons. The SMILES string of the molecule is Cc1sc2nc3c4ccccc4c(NCc4ccccn4)nn3c(=O)c2c1C.